The Kier molecular flexibility index (Phi) is 5.31. The highest BCUT2D eigenvalue weighted by molar-refractivity contribution is 6.07. The number of nitrogens with zero attached hydrogens (tertiary/aromatic N) is 4. The summed E-state index contributed by atoms with van der Waals surface area (Å²) in [5.74, 6) is -1.03. The number of carbonyl (C=O) groups is 3. The molecule has 2 aliphatic rings. The summed E-state index contributed by atoms with van der Waals surface area (Å²) in [4.78, 5) is 49.6. The minimum Gasteiger partial charge on any atom is -0.384 e. The molecule has 0 saturated carbocycles. The zero-order chi connectivity index (χ0) is 22.2. The van der Waals surface area contributed by atoms with Crippen LogP contribution in [-0.4, -0.2) is 57.9 Å². The first kappa shape index (κ1) is 20.7. The van der Waals surface area contributed by atoms with Crippen LogP contribution in [0.3, 0.4) is 0 Å². The average molecular weight is 420 g/mol. The van der Waals surface area contributed by atoms with Gasteiger partial charge in [-0.1, -0.05) is 17.3 Å². The maximum absolute atomic E-state index is 13.0. The Morgan fingerprint density at radius 2 is 1.94 bits per heavy atom. The number of aromatic nitrogens is 1. The highest BCUT2D eigenvalue weighted by Gasteiger charge is 2.37. The molecule has 1 saturated heterocycles. The fourth-order valence-electron chi connectivity index (χ4n) is 3.97. The third-order valence-electron chi connectivity index (χ3n) is 5.78. The number of piperazine rings is 1. The quantitative estimate of drug-likeness (QED) is 0.708. The molecule has 160 valence electrons. The minimum absolute atomic E-state index is 0.0936. The Balaban J connectivity index is 1.51. The van der Waals surface area contributed by atoms with Crippen LogP contribution >= 0.6 is 0 Å². The number of amides is 3. The average Bonchev–Trinajstić information content (AvgIpc) is 3.17. The van der Waals surface area contributed by atoms with Gasteiger partial charge in [-0.25, -0.2) is 0 Å². The van der Waals surface area contributed by atoms with Gasteiger partial charge in [0.1, 0.15) is 13.1 Å². The zero-order valence-electron chi connectivity index (χ0n) is 17.8. The van der Waals surface area contributed by atoms with Crippen molar-refractivity contribution in [3.8, 4) is 0 Å². The van der Waals surface area contributed by atoms with E-state index in [-0.39, 0.29) is 30.8 Å². The molecular formula is C23H24N4O4. The normalized spacial score (nSPS) is 21.2. The van der Waals surface area contributed by atoms with Crippen molar-refractivity contribution in [2.24, 2.45) is 5.16 Å². The Hall–Kier alpha value is -3.55. The van der Waals surface area contributed by atoms with Gasteiger partial charge in [0, 0.05) is 36.5 Å². The number of benzene rings is 1. The van der Waals surface area contributed by atoms with Gasteiger partial charge in [-0.15, -0.1) is 0 Å². The smallest absolute Gasteiger partial charge is 0.255 e. The van der Waals surface area contributed by atoms with E-state index in [1.165, 1.54) is 9.80 Å². The molecule has 2 aliphatic heterocycles. The topological polar surface area (TPSA) is 92.2 Å². The maximum atomic E-state index is 13.0. The summed E-state index contributed by atoms with van der Waals surface area (Å²) in [6.07, 6.45) is 4.06. The SMILES string of the molecule is CCN1C(=O)CN(C(=O)c2ccc(C3=NOC(C)(c4cccnc4)C3)cc2C)CC1=O. The molecule has 1 unspecified atom stereocenters. The third-order valence-corrected chi connectivity index (χ3v) is 5.78. The van der Waals surface area contributed by atoms with Crippen molar-refractivity contribution in [2.75, 3.05) is 19.6 Å². The molecule has 3 heterocycles. The number of likely N-dealkylation sites (N-methyl/N-ethyl adjacent to an activating group) is 1. The number of hydrogen-bond acceptors (Lipinski definition) is 6. The van der Waals surface area contributed by atoms with E-state index in [4.69, 9.17) is 4.84 Å². The summed E-state index contributed by atoms with van der Waals surface area (Å²) < 4.78 is 0. The van der Waals surface area contributed by atoms with E-state index in [1.807, 2.05) is 38.1 Å². The third kappa shape index (κ3) is 3.81. The van der Waals surface area contributed by atoms with Crippen LogP contribution in [0, 0.1) is 6.92 Å². The predicted molar refractivity (Wildman–Crippen MR) is 113 cm³/mol. The molecule has 4 rings (SSSR count). The van der Waals surface area contributed by atoms with E-state index >= 15 is 0 Å². The van der Waals surface area contributed by atoms with Crippen LogP contribution in [0.4, 0.5) is 0 Å². The van der Waals surface area contributed by atoms with Gasteiger partial charge in [-0.05, 0) is 50.1 Å². The summed E-state index contributed by atoms with van der Waals surface area (Å²) in [6.45, 7) is 5.67. The first-order valence-electron chi connectivity index (χ1n) is 10.2. The van der Waals surface area contributed by atoms with E-state index < -0.39 is 5.60 Å². The molecule has 0 spiro atoms. The zero-order valence-corrected chi connectivity index (χ0v) is 17.8. The van der Waals surface area contributed by atoms with Gasteiger partial charge < -0.3 is 9.74 Å². The van der Waals surface area contributed by atoms with Crippen molar-refractivity contribution in [1.29, 1.82) is 0 Å². The fourth-order valence-corrected chi connectivity index (χ4v) is 3.97. The monoisotopic (exact) mass is 420 g/mol. The second kappa shape index (κ2) is 7.94. The molecule has 3 amide bonds. The Labute approximate surface area is 180 Å². The number of oxime groups is 1. The Morgan fingerprint density at radius 3 is 2.55 bits per heavy atom. The van der Waals surface area contributed by atoms with Crippen molar-refractivity contribution < 1.29 is 19.2 Å². The fraction of sp³-hybridized carbons (Fsp3) is 0.348. The van der Waals surface area contributed by atoms with Gasteiger partial charge >= 0.3 is 0 Å². The van der Waals surface area contributed by atoms with Crippen LogP contribution in [0.15, 0.2) is 47.9 Å². The number of carbonyl (C=O) groups excluding carboxylic acids is 3. The van der Waals surface area contributed by atoms with E-state index in [0.29, 0.717) is 18.5 Å². The van der Waals surface area contributed by atoms with Gasteiger partial charge in [0.05, 0.1) is 5.71 Å². The molecule has 31 heavy (non-hydrogen) atoms. The number of hydrogen-bond donors (Lipinski definition) is 0. The minimum atomic E-state index is -0.592. The molecular weight excluding hydrogens is 396 g/mol. The van der Waals surface area contributed by atoms with Crippen molar-refractivity contribution in [1.82, 2.24) is 14.8 Å². The molecule has 1 fully saturated rings. The molecule has 1 aromatic heterocycles. The van der Waals surface area contributed by atoms with Crippen LogP contribution < -0.4 is 0 Å². The van der Waals surface area contributed by atoms with Gasteiger partial charge in [-0.3, -0.25) is 24.3 Å². The van der Waals surface area contributed by atoms with Crippen LogP contribution in [0.1, 0.15) is 47.3 Å². The summed E-state index contributed by atoms with van der Waals surface area (Å²) in [5.41, 5.74) is 3.21. The molecule has 2 aromatic rings. The molecule has 0 bridgehead atoms. The van der Waals surface area contributed by atoms with Gasteiger partial charge in [0.25, 0.3) is 5.91 Å². The maximum Gasteiger partial charge on any atom is 0.255 e. The summed E-state index contributed by atoms with van der Waals surface area (Å²) in [6, 6.07) is 9.25. The van der Waals surface area contributed by atoms with Crippen LogP contribution in [0.25, 0.3) is 0 Å². The van der Waals surface area contributed by atoms with Crippen molar-refractivity contribution >= 4 is 23.4 Å². The second-order valence-electron chi connectivity index (χ2n) is 8.00. The lowest BCUT2D eigenvalue weighted by atomic mass is 9.89. The van der Waals surface area contributed by atoms with Crippen LogP contribution in [0.5, 0.6) is 0 Å². The van der Waals surface area contributed by atoms with E-state index in [2.05, 4.69) is 10.1 Å². The largest absolute Gasteiger partial charge is 0.384 e. The van der Waals surface area contributed by atoms with Crippen molar-refractivity contribution in [2.45, 2.75) is 32.8 Å². The molecule has 0 N–H and O–H groups in total. The number of aryl methyl sites for hydroxylation is 1. The molecule has 0 radical (unpaired) electrons. The van der Waals surface area contributed by atoms with Gasteiger partial charge in [-0.2, -0.15) is 0 Å². The lowest BCUT2D eigenvalue weighted by Gasteiger charge is -2.32. The number of rotatable bonds is 4. The van der Waals surface area contributed by atoms with Crippen molar-refractivity contribution in [3.05, 3.63) is 65.0 Å². The van der Waals surface area contributed by atoms with E-state index in [9.17, 15) is 14.4 Å². The lowest BCUT2D eigenvalue weighted by Crippen LogP contribution is -2.55. The molecule has 8 nitrogen and oxygen atoms in total. The highest BCUT2D eigenvalue weighted by Crippen LogP contribution is 2.35. The summed E-state index contributed by atoms with van der Waals surface area (Å²) in [7, 11) is 0. The van der Waals surface area contributed by atoms with Gasteiger partial charge in [0.2, 0.25) is 11.8 Å². The van der Waals surface area contributed by atoms with Crippen LogP contribution in [0.2, 0.25) is 0 Å². The Bertz CT molecular complexity index is 1060. The van der Waals surface area contributed by atoms with E-state index in [0.717, 1.165) is 22.4 Å². The lowest BCUT2D eigenvalue weighted by molar-refractivity contribution is -0.149. The Morgan fingerprint density at radius 1 is 1.19 bits per heavy atom. The molecule has 0 aliphatic carbocycles. The molecule has 1 aromatic carbocycles. The standard InChI is InChI=1S/C23H24N4O4/c1-4-27-20(28)13-26(14-21(27)29)22(30)18-8-7-16(10-15(18)2)19-11-23(3,31-25-19)17-6-5-9-24-12-17/h5-10,12H,4,11,13-14H2,1-3H3. The summed E-state index contributed by atoms with van der Waals surface area (Å²) in [5, 5.41) is 4.28. The van der Waals surface area contributed by atoms with Crippen LogP contribution in [-0.2, 0) is 20.0 Å². The summed E-state index contributed by atoms with van der Waals surface area (Å²) >= 11 is 0. The van der Waals surface area contributed by atoms with E-state index in [1.54, 1.807) is 25.4 Å². The first-order chi connectivity index (χ1) is 14.8. The first-order valence-corrected chi connectivity index (χ1v) is 10.2. The second-order valence-corrected chi connectivity index (χ2v) is 8.00. The number of pyridine rings is 1. The molecule has 1 atom stereocenters. The van der Waals surface area contributed by atoms with Crippen molar-refractivity contribution in [3.63, 3.8) is 0 Å². The highest BCUT2D eigenvalue weighted by atomic mass is 16.7. The number of imide groups is 1. The predicted octanol–water partition coefficient (Wildman–Crippen LogP) is 2.26. The molecule has 8 heteroatoms. The van der Waals surface area contributed by atoms with Gasteiger partial charge in [0.15, 0.2) is 5.60 Å².